The third kappa shape index (κ3) is 2.07. The first-order valence-electron chi connectivity index (χ1n) is 6.63. The van der Waals surface area contributed by atoms with Gasteiger partial charge in [0.15, 0.2) is 6.29 Å². The second-order valence-corrected chi connectivity index (χ2v) is 4.91. The van der Waals surface area contributed by atoms with Crippen LogP contribution in [0.2, 0.25) is 0 Å². The summed E-state index contributed by atoms with van der Waals surface area (Å²) >= 11 is 0. The van der Waals surface area contributed by atoms with E-state index >= 15 is 0 Å². The molecule has 0 aliphatic heterocycles. The van der Waals surface area contributed by atoms with Gasteiger partial charge in [0, 0.05) is 29.6 Å². The number of hydrogen-bond acceptors (Lipinski definition) is 4. The van der Waals surface area contributed by atoms with E-state index in [1.54, 1.807) is 0 Å². The molecule has 2 aromatic heterocycles. The lowest BCUT2D eigenvalue weighted by molar-refractivity contribution is 0.112. The van der Waals surface area contributed by atoms with E-state index in [0.29, 0.717) is 22.9 Å². The van der Waals surface area contributed by atoms with Gasteiger partial charge in [0.25, 0.3) is 5.89 Å². The quantitative estimate of drug-likeness (QED) is 0.692. The third-order valence-corrected chi connectivity index (χ3v) is 3.80. The van der Waals surface area contributed by atoms with E-state index < -0.39 is 0 Å². The molecule has 3 aromatic rings. The summed E-state index contributed by atoms with van der Waals surface area (Å²) in [5.41, 5.74) is 3.97. The first kappa shape index (κ1) is 13.3. The minimum absolute atomic E-state index is 0.372. The molecule has 0 aliphatic rings. The van der Waals surface area contributed by atoms with E-state index in [0.717, 1.165) is 23.2 Å². The Morgan fingerprint density at radius 3 is 2.38 bits per heavy atom. The Bertz CT molecular complexity index is 801. The van der Waals surface area contributed by atoms with Crippen molar-refractivity contribution in [3.05, 3.63) is 47.3 Å². The Hall–Kier alpha value is -2.69. The van der Waals surface area contributed by atoms with Crippen LogP contribution in [0, 0.1) is 13.8 Å². The molecule has 106 valence electrons. The van der Waals surface area contributed by atoms with Crippen molar-refractivity contribution >= 4 is 6.29 Å². The monoisotopic (exact) mass is 281 g/mol. The molecule has 0 fully saturated rings. The van der Waals surface area contributed by atoms with Gasteiger partial charge in [-0.1, -0.05) is 18.2 Å². The van der Waals surface area contributed by atoms with Crippen molar-refractivity contribution in [3.8, 4) is 22.9 Å². The van der Waals surface area contributed by atoms with Crippen molar-refractivity contribution < 1.29 is 9.21 Å². The van der Waals surface area contributed by atoms with Gasteiger partial charge in [-0.2, -0.15) is 0 Å². The predicted molar refractivity (Wildman–Crippen MR) is 79.0 cm³/mol. The molecule has 5 nitrogen and oxygen atoms in total. The molecule has 0 unspecified atom stereocenters. The average Bonchev–Trinajstić information content (AvgIpc) is 3.07. The van der Waals surface area contributed by atoms with Gasteiger partial charge in [0.1, 0.15) is 0 Å². The lowest BCUT2D eigenvalue weighted by Gasteiger charge is -1.98. The summed E-state index contributed by atoms with van der Waals surface area (Å²) in [5, 5.41) is 8.17. The number of aromatic nitrogens is 3. The fraction of sp³-hybridized carbons (Fsp3) is 0.188. The van der Waals surface area contributed by atoms with E-state index in [1.807, 2.05) is 55.8 Å². The van der Waals surface area contributed by atoms with Crippen molar-refractivity contribution in [2.75, 3.05) is 0 Å². The van der Waals surface area contributed by atoms with Crippen LogP contribution in [0.1, 0.15) is 21.7 Å². The summed E-state index contributed by atoms with van der Waals surface area (Å²) in [5.74, 6) is 0.820. The summed E-state index contributed by atoms with van der Waals surface area (Å²) in [4.78, 5) is 11.4. The standard InChI is InChI=1S/C16H15N3O2/c1-10-13(9-20)14(11(2)19(10)3)16-18-17-15(21-16)12-7-5-4-6-8-12/h4-9H,1-3H3. The molecule has 0 spiro atoms. The summed E-state index contributed by atoms with van der Waals surface area (Å²) in [7, 11) is 1.91. The molecule has 0 atom stereocenters. The van der Waals surface area contributed by atoms with Crippen molar-refractivity contribution in [3.63, 3.8) is 0 Å². The van der Waals surface area contributed by atoms with Crippen LogP contribution in [0.4, 0.5) is 0 Å². The highest BCUT2D eigenvalue weighted by molar-refractivity contribution is 5.88. The molecule has 0 aliphatic carbocycles. The van der Waals surface area contributed by atoms with E-state index in [2.05, 4.69) is 10.2 Å². The van der Waals surface area contributed by atoms with Crippen LogP contribution < -0.4 is 0 Å². The van der Waals surface area contributed by atoms with Gasteiger partial charge in [0.05, 0.1) is 5.56 Å². The summed E-state index contributed by atoms with van der Waals surface area (Å²) in [6.45, 7) is 3.83. The van der Waals surface area contributed by atoms with Gasteiger partial charge >= 0.3 is 0 Å². The SMILES string of the molecule is Cc1c(C=O)c(-c2nnc(-c3ccccc3)o2)c(C)n1C. The van der Waals surface area contributed by atoms with Crippen molar-refractivity contribution in [2.24, 2.45) is 7.05 Å². The predicted octanol–water partition coefficient (Wildman–Crippen LogP) is 3.17. The molecule has 21 heavy (non-hydrogen) atoms. The van der Waals surface area contributed by atoms with Crippen LogP contribution >= 0.6 is 0 Å². The van der Waals surface area contributed by atoms with Gasteiger partial charge in [-0.25, -0.2) is 0 Å². The number of hydrogen-bond donors (Lipinski definition) is 0. The first-order chi connectivity index (χ1) is 10.1. The molecule has 0 saturated carbocycles. The van der Waals surface area contributed by atoms with Crippen LogP contribution in [0.5, 0.6) is 0 Å². The zero-order chi connectivity index (χ0) is 15.0. The Morgan fingerprint density at radius 2 is 1.71 bits per heavy atom. The number of carbonyl (C=O) groups excluding carboxylic acids is 1. The van der Waals surface area contributed by atoms with E-state index in [9.17, 15) is 4.79 Å². The molecule has 0 N–H and O–H groups in total. The fourth-order valence-corrected chi connectivity index (χ4v) is 2.41. The maximum Gasteiger partial charge on any atom is 0.250 e. The average molecular weight is 281 g/mol. The third-order valence-electron chi connectivity index (χ3n) is 3.80. The van der Waals surface area contributed by atoms with Crippen molar-refractivity contribution in [1.29, 1.82) is 0 Å². The molecule has 1 aromatic carbocycles. The van der Waals surface area contributed by atoms with Crippen LogP contribution in [0.15, 0.2) is 34.7 Å². The minimum atomic E-state index is 0.372. The molecule has 0 amide bonds. The summed E-state index contributed by atoms with van der Waals surface area (Å²) in [6, 6.07) is 9.56. The normalized spacial score (nSPS) is 10.8. The van der Waals surface area contributed by atoms with Gasteiger partial charge in [-0.3, -0.25) is 4.79 Å². The van der Waals surface area contributed by atoms with Gasteiger partial charge in [-0.05, 0) is 26.0 Å². The van der Waals surface area contributed by atoms with Crippen molar-refractivity contribution in [1.82, 2.24) is 14.8 Å². The highest BCUT2D eigenvalue weighted by Gasteiger charge is 2.21. The van der Waals surface area contributed by atoms with Gasteiger partial charge in [0.2, 0.25) is 5.89 Å². The lowest BCUT2D eigenvalue weighted by atomic mass is 10.1. The number of benzene rings is 1. The number of nitrogens with zero attached hydrogens (tertiary/aromatic N) is 3. The fourth-order valence-electron chi connectivity index (χ4n) is 2.41. The second kappa shape index (κ2) is 5.01. The second-order valence-electron chi connectivity index (χ2n) is 4.91. The van der Waals surface area contributed by atoms with E-state index in [-0.39, 0.29) is 0 Å². The van der Waals surface area contributed by atoms with E-state index in [4.69, 9.17) is 4.42 Å². The Labute approximate surface area is 122 Å². The Morgan fingerprint density at radius 1 is 1.05 bits per heavy atom. The topological polar surface area (TPSA) is 60.9 Å². The molecule has 0 saturated heterocycles. The largest absolute Gasteiger partial charge is 0.416 e. The smallest absolute Gasteiger partial charge is 0.250 e. The van der Waals surface area contributed by atoms with Gasteiger partial charge < -0.3 is 8.98 Å². The lowest BCUT2D eigenvalue weighted by Crippen LogP contribution is -1.93. The molecular formula is C16H15N3O2. The molecule has 5 heteroatoms. The minimum Gasteiger partial charge on any atom is -0.416 e. The summed E-state index contributed by atoms with van der Waals surface area (Å²) in [6.07, 6.45) is 0.837. The summed E-state index contributed by atoms with van der Waals surface area (Å²) < 4.78 is 7.70. The molecule has 0 bridgehead atoms. The maximum absolute atomic E-state index is 11.4. The molecule has 3 rings (SSSR count). The molecular weight excluding hydrogens is 266 g/mol. The number of carbonyl (C=O) groups is 1. The van der Waals surface area contributed by atoms with Gasteiger partial charge in [-0.15, -0.1) is 10.2 Å². The zero-order valence-corrected chi connectivity index (χ0v) is 12.1. The van der Waals surface area contributed by atoms with E-state index in [1.165, 1.54) is 0 Å². The Balaban J connectivity index is 2.13. The first-order valence-corrected chi connectivity index (χ1v) is 6.63. The Kier molecular flexibility index (Phi) is 3.17. The highest BCUT2D eigenvalue weighted by Crippen LogP contribution is 2.31. The number of aldehydes is 1. The zero-order valence-electron chi connectivity index (χ0n) is 12.1. The van der Waals surface area contributed by atoms with Crippen LogP contribution in [0.3, 0.4) is 0 Å². The van der Waals surface area contributed by atoms with Crippen LogP contribution in [-0.4, -0.2) is 21.1 Å². The van der Waals surface area contributed by atoms with Crippen molar-refractivity contribution in [2.45, 2.75) is 13.8 Å². The molecule has 2 heterocycles. The molecule has 0 radical (unpaired) electrons. The number of rotatable bonds is 3. The highest BCUT2D eigenvalue weighted by atomic mass is 16.4. The van der Waals surface area contributed by atoms with Crippen LogP contribution in [0.25, 0.3) is 22.9 Å². The maximum atomic E-state index is 11.4. The van der Waals surface area contributed by atoms with Crippen LogP contribution in [-0.2, 0) is 7.05 Å².